The van der Waals surface area contributed by atoms with E-state index in [1.165, 1.54) is 6.42 Å². The third kappa shape index (κ3) is 2.25. The normalized spacial score (nSPS) is 27.6. The molecule has 2 N–H and O–H groups in total. The molecule has 1 rings (SSSR count). The number of ether oxygens (including phenoxy) is 1. The first kappa shape index (κ1) is 7.98. The lowest BCUT2D eigenvalue weighted by Gasteiger charge is -2.08. The lowest BCUT2D eigenvalue weighted by molar-refractivity contribution is 0.112. The molecule has 3 heteroatoms. The predicted molar refractivity (Wildman–Crippen MR) is 40.4 cm³/mol. The van der Waals surface area contributed by atoms with Gasteiger partial charge in [-0.25, -0.2) is 5.01 Å². The van der Waals surface area contributed by atoms with Crippen molar-refractivity contribution in [3.63, 3.8) is 0 Å². The molecule has 1 aliphatic heterocycles. The first-order valence-electron chi connectivity index (χ1n) is 3.90. The van der Waals surface area contributed by atoms with E-state index in [2.05, 4.69) is 0 Å². The number of nitrogens with zero attached hydrogens (tertiary/aromatic N) is 1. The van der Waals surface area contributed by atoms with Crippen LogP contribution in [0.2, 0.25) is 0 Å². The summed E-state index contributed by atoms with van der Waals surface area (Å²) in [5, 5.41) is 1.86. The lowest BCUT2D eigenvalue weighted by Crippen LogP contribution is -2.28. The second kappa shape index (κ2) is 3.91. The zero-order valence-corrected chi connectivity index (χ0v) is 6.55. The molecule has 0 unspecified atom stereocenters. The van der Waals surface area contributed by atoms with Crippen molar-refractivity contribution in [3.8, 4) is 0 Å². The Morgan fingerprint density at radius 3 is 3.00 bits per heavy atom. The molecule has 0 amide bonds. The molecule has 0 spiro atoms. The minimum Gasteiger partial charge on any atom is -0.381 e. The molecule has 0 bridgehead atoms. The topological polar surface area (TPSA) is 38.5 Å². The van der Waals surface area contributed by atoms with Crippen molar-refractivity contribution in [1.82, 2.24) is 5.01 Å². The van der Waals surface area contributed by atoms with Crippen LogP contribution in [-0.4, -0.2) is 31.3 Å². The smallest absolute Gasteiger partial charge is 0.0507 e. The molecule has 1 aliphatic rings. The molecule has 1 atom stereocenters. The van der Waals surface area contributed by atoms with Crippen molar-refractivity contribution in [3.05, 3.63) is 0 Å². The Kier molecular flexibility index (Phi) is 3.12. The monoisotopic (exact) mass is 144 g/mol. The van der Waals surface area contributed by atoms with E-state index in [4.69, 9.17) is 10.6 Å². The van der Waals surface area contributed by atoms with Gasteiger partial charge in [-0.2, -0.15) is 0 Å². The number of nitrogens with two attached hydrogens (primary N) is 1. The van der Waals surface area contributed by atoms with Gasteiger partial charge < -0.3 is 4.74 Å². The zero-order valence-electron chi connectivity index (χ0n) is 6.55. The fraction of sp³-hybridized carbons (Fsp3) is 1.00. The molecule has 0 saturated carbocycles. The summed E-state index contributed by atoms with van der Waals surface area (Å²) in [4.78, 5) is 0. The van der Waals surface area contributed by atoms with E-state index in [1.54, 1.807) is 0 Å². The van der Waals surface area contributed by atoms with E-state index in [1.807, 2.05) is 11.9 Å². The Morgan fingerprint density at radius 2 is 2.50 bits per heavy atom. The molecular weight excluding hydrogens is 128 g/mol. The summed E-state index contributed by atoms with van der Waals surface area (Å²) in [6.07, 6.45) is 1.19. The highest BCUT2D eigenvalue weighted by molar-refractivity contribution is 4.70. The maximum Gasteiger partial charge on any atom is 0.0507 e. The van der Waals surface area contributed by atoms with E-state index < -0.39 is 0 Å². The maximum absolute atomic E-state index is 5.57. The molecule has 10 heavy (non-hydrogen) atoms. The van der Waals surface area contributed by atoms with Crippen molar-refractivity contribution in [2.24, 2.45) is 11.8 Å². The summed E-state index contributed by atoms with van der Waals surface area (Å²) in [6, 6.07) is 0. The molecule has 3 nitrogen and oxygen atoms in total. The maximum atomic E-state index is 5.57. The number of hydrogen-bond donors (Lipinski definition) is 1. The number of hydrogen-bond acceptors (Lipinski definition) is 3. The second-order valence-corrected chi connectivity index (χ2v) is 2.81. The molecule has 0 aromatic carbocycles. The van der Waals surface area contributed by atoms with E-state index in [9.17, 15) is 0 Å². The highest BCUT2D eigenvalue weighted by Gasteiger charge is 2.19. The van der Waals surface area contributed by atoms with Crippen molar-refractivity contribution >= 4 is 0 Å². The van der Waals surface area contributed by atoms with Gasteiger partial charge >= 0.3 is 0 Å². The van der Waals surface area contributed by atoms with Crippen molar-refractivity contribution in [2.75, 3.05) is 26.3 Å². The molecule has 60 valence electrons. The summed E-state index contributed by atoms with van der Waals surface area (Å²) < 4.78 is 5.28. The Morgan fingerprint density at radius 1 is 1.70 bits per heavy atom. The van der Waals surface area contributed by atoms with Crippen LogP contribution in [0, 0.1) is 5.92 Å². The van der Waals surface area contributed by atoms with E-state index in [-0.39, 0.29) is 0 Å². The van der Waals surface area contributed by atoms with Gasteiger partial charge in [0, 0.05) is 19.7 Å². The SMILES string of the molecule is CCOC[C@@H]1CCN(N)C1. The van der Waals surface area contributed by atoms with Crippen LogP contribution in [0.4, 0.5) is 0 Å². The van der Waals surface area contributed by atoms with Crippen molar-refractivity contribution in [1.29, 1.82) is 0 Å². The van der Waals surface area contributed by atoms with Gasteiger partial charge in [0.15, 0.2) is 0 Å². The highest BCUT2D eigenvalue weighted by atomic mass is 16.5. The van der Waals surface area contributed by atoms with Crippen LogP contribution in [0.25, 0.3) is 0 Å². The largest absolute Gasteiger partial charge is 0.381 e. The number of hydrazine groups is 1. The van der Waals surface area contributed by atoms with E-state index in [0.29, 0.717) is 5.92 Å². The molecule has 1 saturated heterocycles. The first-order chi connectivity index (χ1) is 4.83. The third-order valence-corrected chi connectivity index (χ3v) is 1.87. The van der Waals surface area contributed by atoms with Crippen molar-refractivity contribution < 1.29 is 4.74 Å². The predicted octanol–water partition coefficient (Wildman–Crippen LogP) is 0.219. The average Bonchev–Trinajstić information content (AvgIpc) is 2.31. The third-order valence-electron chi connectivity index (χ3n) is 1.87. The highest BCUT2D eigenvalue weighted by Crippen LogP contribution is 2.12. The molecule has 1 fully saturated rings. The Labute approximate surface area is 62.1 Å². The van der Waals surface area contributed by atoms with Gasteiger partial charge in [0.25, 0.3) is 0 Å². The Balaban J connectivity index is 2.06. The standard InChI is InChI=1S/C7H16N2O/c1-2-10-6-7-3-4-9(8)5-7/h7H,2-6,8H2,1H3/t7-/m1/s1. The van der Waals surface area contributed by atoms with Gasteiger partial charge in [-0.1, -0.05) is 0 Å². The molecule has 0 aromatic rings. The van der Waals surface area contributed by atoms with Gasteiger partial charge in [0.05, 0.1) is 6.61 Å². The molecular formula is C7H16N2O. The van der Waals surface area contributed by atoms with Gasteiger partial charge in [-0.3, -0.25) is 5.84 Å². The summed E-state index contributed by atoms with van der Waals surface area (Å²) >= 11 is 0. The van der Waals surface area contributed by atoms with Crippen molar-refractivity contribution in [2.45, 2.75) is 13.3 Å². The summed E-state index contributed by atoms with van der Waals surface area (Å²) in [5.74, 6) is 6.25. The molecule has 1 heterocycles. The van der Waals surface area contributed by atoms with E-state index >= 15 is 0 Å². The minimum atomic E-state index is 0.671. The quantitative estimate of drug-likeness (QED) is 0.576. The summed E-state index contributed by atoms with van der Waals surface area (Å²) in [6.45, 7) is 5.75. The van der Waals surface area contributed by atoms with Gasteiger partial charge in [-0.15, -0.1) is 0 Å². The fourth-order valence-corrected chi connectivity index (χ4v) is 1.28. The zero-order chi connectivity index (χ0) is 7.40. The van der Waals surface area contributed by atoms with Crippen LogP contribution < -0.4 is 5.84 Å². The van der Waals surface area contributed by atoms with Gasteiger partial charge in [0.1, 0.15) is 0 Å². The van der Waals surface area contributed by atoms with Crippen LogP contribution in [0.1, 0.15) is 13.3 Å². The van der Waals surface area contributed by atoms with Gasteiger partial charge in [-0.05, 0) is 19.3 Å². The average molecular weight is 144 g/mol. The van der Waals surface area contributed by atoms with Crippen LogP contribution in [0.3, 0.4) is 0 Å². The molecule has 0 aliphatic carbocycles. The van der Waals surface area contributed by atoms with E-state index in [0.717, 1.165) is 26.3 Å². The Bertz CT molecular complexity index is 97.6. The van der Waals surface area contributed by atoms with Crippen LogP contribution in [0.5, 0.6) is 0 Å². The summed E-state index contributed by atoms with van der Waals surface area (Å²) in [7, 11) is 0. The molecule has 0 radical (unpaired) electrons. The summed E-state index contributed by atoms with van der Waals surface area (Å²) in [5.41, 5.74) is 0. The number of rotatable bonds is 3. The minimum absolute atomic E-state index is 0.671. The fourth-order valence-electron chi connectivity index (χ4n) is 1.28. The second-order valence-electron chi connectivity index (χ2n) is 2.81. The molecule has 0 aromatic heterocycles. The van der Waals surface area contributed by atoms with Crippen LogP contribution >= 0.6 is 0 Å². The van der Waals surface area contributed by atoms with Crippen LogP contribution in [-0.2, 0) is 4.74 Å². The van der Waals surface area contributed by atoms with Crippen LogP contribution in [0.15, 0.2) is 0 Å². The first-order valence-corrected chi connectivity index (χ1v) is 3.90. The Hall–Kier alpha value is -0.120. The van der Waals surface area contributed by atoms with Gasteiger partial charge in [0.2, 0.25) is 0 Å². The lowest BCUT2D eigenvalue weighted by atomic mass is 10.1.